The lowest BCUT2D eigenvalue weighted by molar-refractivity contribution is 0.628. The molecule has 0 aliphatic carbocycles. The van der Waals surface area contributed by atoms with Crippen LogP contribution in [0.25, 0.3) is 11.1 Å². The Hall–Kier alpha value is -1.75. The minimum Gasteiger partial charge on any atom is -0.338 e. The maximum absolute atomic E-state index is 12.7. The van der Waals surface area contributed by atoms with E-state index in [1.165, 1.54) is 30.5 Å². The van der Waals surface area contributed by atoms with Crippen LogP contribution in [0.3, 0.4) is 0 Å². The summed E-state index contributed by atoms with van der Waals surface area (Å²) in [6.45, 7) is 0. The molecule has 0 radical (unpaired) electrons. The standard InChI is InChI=1S/C10H7FN2OS/c11-7-3-1-6(2-4-7)8-5-12-10(15)13-9(8)14/h1-5H,(H2,12,13,14,15). The molecular formula is C10H7FN2OS. The van der Waals surface area contributed by atoms with Gasteiger partial charge in [0.1, 0.15) is 5.82 Å². The lowest BCUT2D eigenvalue weighted by Gasteiger charge is -1.99. The van der Waals surface area contributed by atoms with E-state index >= 15 is 0 Å². The van der Waals surface area contributed by atoms with Crippen LogP contribution in [0, 0.1) is 10.6 Å². The van der Waals surface area contributed by atoms with Gasteiger partial charge in [-0.3, -0.25) is 9.78 Å². The van der Waals surface area contributed by atoms with Gasteiger partial charge < -0.3 is 4.98 Å². The maximum atomic E-state index is 12.7. The number of hydrogen-bond acceptors (Lipinski definition) is 2. The van der Waals surface area contributed by atoms with Crippen molar-refractivity contribution in [1.82, 2.24) is 9.97 Å². The van der Waals surface area contributed by atoms with Gasteiger partial charge in [0.15, 0.2) is 4.77 Å². The molecule has 0 atom stereocenters. The van der Waals surface area contributed by atoms with E-state index in [0.717, 1.165) is 0 Å². The van der Waals surface area contributed by atoms with Crippen LogP contribution in [-0.4, -0.2) is 9.97 Å². The van der Waals surface area contributed by atoms with Crippen LogP contribution in [0.4, 0.5) is 4.39 Å². The van der Waals surface area contributed by atoms with E-state index in [-0.39, 0.29) is 16.1 Å². The molecule has 1 aromatic heterocycles. The molecule has 3 nitrogen and oxygen atoms in total. The Kier molecular flexibility index (Phi) is 2.47. The molecule has 15 heavy (non-hydrogen) atoms. The van der Waals surface area contributed by atoms with Crippen molar-refractivity contribution in [2.24, 2.45) is 0 Å². The summed E-state index contributed by atoms with van der Waals surface area (Å²) in [4.78, 5) is 16.7. The van der Waals surface area contributed by atoms with Crippen LogP contribution in [0.5, 0.6) is 0 Å². The summed E-state index contributed by atoms with van der Waals surface area (Å²) in [6.07, 6.45) is 1.51. The SMILES string of the molecule is O=c1[nH]c(=S)[nH]cc1-c1ccc(F)cc1. The molecule has 0 aliphatic rings. The van der Waals surface area contributed by atoms with Gasteiger partial charge in [-0.05, 0) is 29.9 Å². The number of H-pyrrole nitrogens is 2. The zero-order valence-corrected chi connectivity index (χ0v) is 8.40. The van der Waals surface area contributed by atoms with Crippen LogP contribution in [-0.2, 0) is 0 Å². The minimum atomic E-state index is -0.334. The number of aromatic amines is 2. The van der Waals surface area contributed by atoms with Gasteiger partial charge in [0, 0.05) is 6.20 Å². The third-order valence-electron chi connectivity index (χ3n) is 1.97. The fourth-order valence-corrected chi connectivity index (χ4v) is 1.41. The third-order valence-corrected chi connectivity index (χ3v) is 2.19. The average molecular weight is 222 g/mol. The highest BCUT2D eigenvalue weighted by atomic mass is 32.1. The quantitative estimate of drug-likeness (QED) is 0.727. The highest BCUT2D eigenvalue weighted by molar-refractivity contribution is 7.71. The summed E-state index contributed by atoms with van der Waals surface area (Å²) in [5.41, 5.74) is 0.790. The van der Waals surface area contributed by atoms with Crippen LogP contribution >= 0.6 is 12.2 Å². The molecule has 0 aliphatic heterocycles. The summed E-state index contributed by atoms with van der Waals surface area (Å²) in [7, 11) is 0. The zero-order valence-electron chi connectivity index (χ0n) is 7.58. The van der Waals surface area contributed by atoms with Crippen molar-refractivity contribution in [1.29, 1.82) is 0 Å². The smallest absolute Gasteiger partial charge is 0.259 e. The summed E-state index contributed by atoms with van der Waals surface area (Å²) >= 11 is 4.76. The van der Waals surface area contributed by atoms with Crippen molar-refractivity contribution in [3.8, 4) is 11.1 Å². The molecular weight excluding hydrogens is 215 g/mol. The van der Waals surface area contributed by atoms with Gasteiger partial charge in [0.25, 0.3) is 5.56 Å². The van der Waals surface area contributed by atoms with E-state index in [1.807, 2.05) is 0 Å². The van der Waals surface area contributed by atoms with Crippen molar-refractivity contribution < 1.29 is 4.39 Å². The minimum absolute atomic E-state index is 0.269. The van der Waals surface area contributed by atoms with Gasteiger partial charge in [-0.1, -0.05) is 12.1 Å². The van der Waals surface area contributed by atoms with E-state index in [1.54, 1.807) is 0 Å². The summed E-state index contributed by atoms with van der Waals surface area (Å²) < 4.78 is 12.9. The van der Waals surface area contributed by atoms with E-state index in [0.29, 0.717) is 11.1 Å². The highest BCUT2D eigenvalue weighted by Crippen LogP contribution is 2.13. The molecule has 0 amide bonds. The van der Waals surface area contributed by atoms with Gasteiger partial charge in [0.2, 0.25) is 0 Å². The molecule has 0 spiro atoms. The number of benzene rings is 1. The number of halogens is 1. The molecule has 0 saturated heterocycles. The number of aromatic nitrogens is 2. The third kappa shape index (κ3) is 2.02. The average Bonchev–Trinajstić information content (AvgIpc) is 2.20. The Morgan fingerprint density at radius 2 is 1.87 bits per heavy atom. The van der Waals surface area contributed by atoms with Gasteiger partial charge in [-0.15, -0.1) is 0 Å². The molecule has 5 heteroatoms. The second-order valence-electron chi connectivity index (χ2n) is 2.99. The molecule has 1 heterocycles. The number of nitrogens with one attached hydrogen (secondary N) is 2. The fourth-order valence-electron chi connectivity index (χ4n) is 1.25. The second kappa shape index (κ2) is 3.78. The number of rotatable bonds is 1. The largest absolute Gasteiger partial charge is 0.338 e. The Bertz CT molecular complexity index is 585. The Labute approximate surface area is 89.6 Å². The second-order valence-corrected chi connectivity index (χ2v) is 3.40. The maximum Gasteiger partial charge on any atom is 0.259 e. The Morgan fingerprint density at radius 3 is 2.47 bits per heavy atom. The molecule has 2 rings (SSSR count). The molecule has 2 aromatic rings. The lowest BCUT2D eigenvalue weighted by atomic mass is 10.1. The van der Waals surface area contributed by atoms with E-state index < -0.39 is 0 Å². The normalized spacial score (nSPS) is 10.2. The summed E-state index contributed by atoms with van der Waals surface area (Å²) in [5, 5.41) is 0. The Balaban J connectivity index is 2.59. The van der Waals surface area contributed by atoms with E-state index in [4.69, 9.17) is 12.2 Å². The zero-order chi connectivity index (χ0) is 10.8. The van der Waals surface area contributed by atoms with Crippen molar-refractivity contribution >= 4 is 12.2 Å². The van der Waals surface area contributed by atoms with Crippen molar-refractivity contribution in [2.75, 3.05) is 0 Å². The van der Waals surface area contributed by atoms with E-state index in [2.05, 4.69) is 9.97 Å². The first-order valence-corrected chi connectivity index (χ1v) is 4.65. The van der Waals surface area contributed by atoms with Crippen LogP contribution < -0.4 is 5.56 Å². The van der Waals surface area contributed by atoms with Gasteiger partial charge in [-0.2, -0.15) is 0 Å². The highest BCUT2D eigenvalue weighted by Gasteiger charge is 2.02. The van der Waals surface area contributed by atoms with Crippen LogP contribution in [0.1, 0.15) is 0 Å². The molecule has 0 unspecified atom stereocenters. The van der Waals surface area contributed by atoms with Crippen molar-refractivity contribution in [2.45, 2.75) is 0 Å². The topological polar surface area (TPSA) is 48.6 Å². The van der Waals surface area contributed by atoms with E-state index in [9.17, 15) is 9.18 Å². The fraction of sp³-hybridized carbons (Fsp3) is 0. The lowest BCUT2D eigenvalue weighted by Crippen LogP contribution is -2.09. The first kappa shape index (κ1) is 9.79. The molecule has 0 fully saturated rings. The van der Waals surface area contributed by atoms with Crippen molar-refractivity contribution in [3.63, 3.8) is 0 Å². The molecule has 0 bridgehead atoms. The van der Waals surface area contributed by atoms with Gasteiger partial charge in [-0.25, -0.2) is 4.39 Å². The molecule has 1 aromatic carbocycles. The van der Waals surface area contributed by atoms with Crippen LogP contribution in [0.2, 0.25) is 0 Å². The van der Waals surface area contributed by atoms with Gasteiger partial charge >= 0.3 is 0 Å². The first-order chi connectivity index (χ1) is 7.16. The summed E-state index contributed by atoms with van der Waals surface area (Å²) in [5.74, 6) is -0.334. The summed E-state index contributed by atoms with van der Waals surface area (Å²) in [6, 6.07) is 5.68. The van der Waals surface area contributed by atoms with Crippen molar-refractivity contribution in [3.05, 3.63) is 51.4 Å². The Morgan fingerprint density at radius 1 is 1.20 bits per heavy atom. The first-order valence-electron chi connectivity index (χ1n) is 4.25. The van der Waals surface area contributed by atoms with Crippen LogP contribution in [0.15, 0.2) is 35.3 Å². The predicted octanol–water partition coefficient (Wildman–Crippen LogP) is 2.24. The predicted molar refractivity (Wildman–Crippen MR) is 57.6 cm³/mol. The molecule has 76 valence electrons. The molecule has 2 N–H and O–H groups in total. The molecule has 0 saturated carbocycles. The van der Waals surface area contributed by atoms with Gasteiger partial charge in [0.05, 0.1) is 5.56 Å². The monoisotopic (exact) mass is 222 g/mol. The number of hydrogen-bond donors (Lipinski definition) is 2.